The second-order valence-electron chi connectivity index (χ2n) is 10.8. The molecule has 4 rings (SSSR count). The molecule has 2 aliphatic rings. The first kappa shape index (κ1) is 27.5. The lowest BCUT2D eigenvalue weighted by Crippen LogP contribution is -2.56. The van der Waals surface area contributed by atoms with Crippen LogP contribution in [0.5, 0.6) is 0 Å². The van der Waals surface area contributed by atoms with Gasteiger partial charge in [0, 0.05) is 55.3 Å². The second kappa shape index (κ2) is 11.9. The van der Waals surface area contributed by atoms with Crippen molar-refractivity contribution >= 4 is 40.2 Å². The summed E-state index contributed by atoms with van der Waals surface area (Å²) in [5, 5.41) is 7.48. The van der Waals surface area contributed by atoms with Gasteiger partial charge in [0.05, 0.1) is 11.6 Å². The van der Waals surface area contributed by atoms with E-state index in [1.54, 1.807) is 26.0 Å². The van der Waals surface area contributed by atoms with Crippen LogP contribution in [0, 0.1) is 5.92 Å². The third-order valence-electron chi connectivity index (χ3n) is 8.06. The molecule has 1 aliphatic heterocycles. The smallest absolute Gasteiger partial charge is 0.255 e. The Morgan fingerprint density at radius 1 is 1.11 bits per heavy atom. The third-order valence-corrected chi connectivity index (χ3v) is 8.29. The molecule has 2 aromatic rings. The number of halogens is 1. The van der Waals surface area contributed by atoms with Gasteiger partial charge in [0.1, 0.15) is 6.04 Å². The van der Waals surface area contributed by atoms with E-state index in [0.29, 0.717) is 23.7 Å². The highest BCUT2D eigenvalue weighted by Gasteiger charge is 2.39. The Bertz CT molecular complexity index is 1140. The average Bonchev–Trinajstić information content (AvgIpc) is 3.50. The predicted molar refractivity (Wildman–Crippen MR) is 147 cm³/mol. The van der Waals surface area contributed by atoms with Crippen LogP contribution >= 0.6 is 11.6 Å². The number of fused-ring (bicyclic) bond motifs is 1. The fraction of sp³-hybridized carbons (Fsp3) is 0.607. The molecule has 2 heterocycles. The molecule has 3 amide bonds. The van der Waals surface area contributed by atoms with Crippen molar-refractivity contribution in [3.05, 3.63) is 35.0 Å². The highest BCUT2D eigenvalue weighted by molar-refractivity contribution is 6.31. The minimum Gasteiger partial charge on any atom is -0.345 e. The van der Waals surface area contributed by atoms with E-state index in [2.05, 4.69) is 15.2 Å². The van der Waals surface area contributed by atoms with Gasteiger partial charge in [0.25, 0.3) is 5.91 Å². The van der Waals surface area contributed by atoms with E-state index in [1.165, 1.54) is 6.42 Å². The van der Waals surface area contributed by atoms with E-state index in [9.17, 15) is 14.4 Å². The highest BCUT2D eigenvalue weighted by Crippen LogP contribution is 2.31. The molecule has 9 heteroatoms. The van der Waals surface area contributed by atoms with Gasteiger partial charge in [-0.2, -0.15) is 0 Å². The number of nitrogens with zero attached hydrogens (tertiary/aromatic N) is 3. The molecule has 1 unspecified atom stereocenters. The van der Waals surface area contributed by atoms with Crippen LogP contribution in [0.15, 0.2) is 24.4 Å². The Morgan fingerprint density at radius 2 is 1.84 bits per heavy atom. The molecule has 0 radical (unpaired) electrons. The van der Waals surface area contributed by atoms with Crippen LogP contribution in [-0.2, 0) is 16.1 Å². The molecule has 0 spiro atoms. The number of likely N-dealkylation sites (tertiary alicyclic amines) is 1. The lowest BCUT2D eigenvalue weighted by atomic mass is 9.83. The van der Waals surface area contributed by atoms with Crippen molar-refractivity contribution in [1.29, 1.82) is 0 Å². The minimum atomic E-state index is -0.504. The summed E-state index contributed by atoms with van der Waals surface area (Å²) in [5.41, 5.74) is 1.53. The monoisotopic (exact) mass is 529 g/mol. The standard InChI is InChI=1S/C28H40ClN5O3/c1-18(30-2)26(35)31-25(19-9-6-5-7-10-19)28(37)34-14-8-11-21(34)16-33-17-23(27(36)32(3)4)22-15-20(29)12-13-24(22)33/h12-13,15,17-19,21,25,30H,5-11,14,16H2,1-4H3,(H,31,35)/t18-,21?,25-/m0/s1. The molecule has 1 aliphatic carbocycles. The van der Waals surface area contributed by atoms with Gasteiger partial charge in [-0.15, -0.1) is 0 Å². The Balaban J connectivity index is 1.60. The first-order valence-electron chi connectivity index (χ1n) is 13.5. The summed E-state index contributed by atoms with van der Waals surface area (Å²) in [6.07, 6.45) is 8.98. The average molecular weight is 530 g/mol. The second-order valence-corrected chi connectivity index (χ2v) is 11.2. The molecule has 37 heavy (non-hydrogen) atoms. The zero-order valence-electron chi connectivity index (χ0n) is 22.4. The fourth-order valence-electron chi connectivity index (χ4n) is 5.81. The van der Waals surface area contributed by atoms with Gasteiger partial charge < -0.3 is 25.0 Å². The molecule has 2 N–H and O–H groups in total. The number of nitrogens with one attached hydrogen (secondary N) is 2. The zero-order chi connectivity index (χ0) is 26.7. The van der Waals surface area contributed by atoms with Crippen LogP contribution in [0.4, 0.5) is 0 Å². The highest BCUT2D eigenvalue weighted by atomic mass is 35.5. The third kappa shape index (κ3) is 5.96. The van der Waals surface area contributed by atoms with E-state index in [-0.39, 0.29) is 35.7 Å². The van der Waals surface area contributed by atoms with E-state index >= 15 is 0 Å². The number of hydrogen-bond donors (Lipinski definition) is 2. The molecule has 8 nitrogen and oxygen atoms in total. The van der Waals surface area contributed by atoms with Crippen LogP contribution in [0.25, 0.3) is 10.9 Å². The molecule has 2 fully saturated rings. The lowest BCUT2D eigenvalue weighted by Gasteiger charge is -2.35. The largest absolute Gasteiger partial charge is 0.345 e. The number of benzene rings is 1. The Morgan fingerprint density at radius 3 is 2.51 bits per heavy atom. The summed E-state index contributed by atoms with van der Waals surface area (Å²) >= 11 is 6.28. The molecule has 1 aromatic carbocycles. The fourth-order valence-corrected chi connectivity index (χ4v) is 5.98. The number of amides is 3. The molecule has 0 bridgehead atoms. The maximum absolute atomic E-state index is 14.0. The van der Waals surface area contributed by atoms with Gasteiger partial charge >= 0.3 is 0 Å². The number of aromatic nitrogens is 1. The van der Waals surface area contributed by atoms with Crippen molar-refractivity contribution in [1.82, 2.24) is 25.0 Å². The molecule has 3 atom stereocenters. The normalized spacial score (nSPS) is 20.1. The molecule has 1 saturated heterocycles. The van der Waals surface area contributed by atoms with Crippen molar-refractivity contribution in [3.63, 3.8) is 0 Å². The summed E-state index contributed by atoms with van der Waals surface area (Å²) in [6, 6.07) is 4.73. The van der Waals surface area contributed by atoms with Gasteiger partial charge in [0.15, 0.2) is 0 Å². The Kier molecular flexibility index (Phi) is 8.80. The molecule has 202 valence electrons. The van der Waals surface area contributed by atoms with Crippen LogP contribution in [-0.4, -0.2) is 77.9 Å². The van der Waals surface area contributed by atoms with Crippen molar-refractivity contribution in [2.45, 2.75) is 76.5 Å². The number of rotatable bonds is 8. The zero-order valence-corrected chi connectivity index (χ0v) is 23.2. The summed E-state index contributed by atoms with van der Waals surface area (Å²) in [7, 11) is 5.23. The SMILES string of the molecule is CN[C@@H](C)C(=O)N[C@H](C(=O)N1CCCC1Cn1cc(C(=O)N(C)C)c2cc(Cl)ccc21)C1CCCCC1. The summed E-state index contributed by atoms with van der Waals surface area (Å²) in [6.45, 7) is 3.08. The van der Waals surface area contributed by atoms with Gasteiger partial charge in [-0.1, -0.05) is 30.9 Å². The first-order valence-corrected chi connectivity index (χ1v) is 13.9. The minimum absolute atomic E-state index is 0.00852. The number of carbonyl (C=O) groups is 3. The summed E-state index contributed by atoms with van der Waals surface area (Å²) in [5.74, 6) is -0.0316. The number of carbonyl (C=O) groups excluding carboxylic acids is 3. The number of likely N-dealkylation sites (N-methyl/N-ethyl adjacent to an activating group) is 1. The van der Waals surface area contributed by atoms with Crippen molar-refractivity contribution < 1.29 is 14.4 Å². The van der Waals surface area contributed by atoms with E-state index in [1.807, 2.05) is 36.2 Å². The van der Waals surface area contributed by atoms with Crippen molar-refractivity contribution in [2.24, 2.45) is 5.92 Å². The predicted octanol–water partition coefficient (Wildman–Crippen LogP) is 3.66. The van der Waals surface area contributed by atoms with Gasteiger partial charge in [0.2, 0.25) is 11.8 Å². The quantitative estimate of drug-likeness (QED) is 0.546. The van der Waals surface area contributed by atoms with Crippen LogP contribution in [0.1, 0.15) is 62.2 Å². The van der Waals surface area contributed by atoms with Gasteiger partial charge in [-0.25, -0.2) is 0 Å². The van der Waals surface area contributed by atoms with Crippen LogP contribution in [0.2, 0.25) is 5.02 Å². The summed E-state index contributed by atoms with van der Waals surface area (Å²) < 4.78 is 2.08. The van der Waals surface area contributed by atoms with Crippen LogP contribution < -0.4 is 10.6 Å². The van der Waals surface area contributed by atoms with Gasteiger partial charge in [-0.3, -0.25) is 14.4 Å². The molecular formula is C28H40ClN5O3. The maximum atomic E-state index is 14.0. The molecular weight excluding hydrogens is 490 g/mol. The van der Waals surface area contributed by atoms with E-state index < -0.39 is 6.04 Å². The van der Waals surface area contributed by atoms with Crippen LogP contribution in [0.3, 0.4) is 0 Å². The lowest BCUT2D eigenvalue weighted by molar-refractivity contribution is -0.139. The summed E-state index contributed by atoms with van der Waals surface area (Å²) in [4.78, 5) is 43.3. The Hall–Kier alpha value is -2.58. The van der Waals surface area contributed by atoms with Crippen molar-refractivity contribution in [2.75, 3.05) is 27.7 Å². The topological polar surface area (TPSA) is 86.7 Å². The van der Waals surface area contributed by atoms with E-state index in [0.717, 1.165) is 49.4 Å². The number of hydrogen-bond acceptors (Lipinski definition) is 4. The first-order chi connectivity index (χ1) is 17.7. The maximum Gasteiger partial charge on any atom is 0.255 e. The van der Waals surface area contributed by atoms with Crippen molar-refractivity contribution in [3.8, 4) is 0 Å². The Labute approximate surface area is 224 Å². The van der Waals surface area contributed by atoms with Gasteiger partial charge in [-0.05, 0) is 63.8 Å². The molecule has 1 saturated carbocycles. The van der Waals surface area contributed by atoms with E-state index in [4.69, 9.17) is 11.6 Å². The molecule has 1 aromatic heterocycles.